The first-order valence-electron chi connectivity index (χ1n) is 6.06. The summed E-state index contributed by atoms with van der Waals surface area (Å²) >= 11 is 8.31. The van der Waals surface area contributed by atoms with Crippen LogP contribution in [0.25, 0.3) is 0 Å². The van der Waals surface area contributed by atoms with E-state index in [0.717, 1.165) is 18.0 Å². The molecule has 1 fully saturated rings. The summed E-state index contributed by atoms with van der Waals surface area (Å²) in [7, 11) is 0. The van der Waals surface area contributed by atoms with Gasteiger partial charge in [0.25, 0.3) is 0 Å². The standard InChI is InChI=1S/C13H19ClN2S/c1-10-9-17-8-7-16(10)13-4-2-3-12(14)11(13)5-6-15/h2-4,10H,5-9,15H2,1H3. The van der Waals surface area contributed by atoms with Crippen LogP contribution < -0.4 is 10.6 Å². The third-order valence-corrected chi connectivity index (χ3v) is 4.71. The molecule has 94 valence electrons. The molecule has 17 heavy (non-hydrogen) atoms. The predicted octanol–water partition coefficient (Wildman–Crippen LogP) is 2.78. The minimum absolute atomic E-state index is 0.573. The van der Waals surface area contributed by atoms with Gasteiger partial charge in [-0.05, 0) is 37.6 Å². The van der Waals surface area contributed by atoms with E-state index in [4.69, 9.17) is 17.3 Å². The SMILES string of the molecule is CC1CSCCN1c1cccc(Cl)c1CCN. The molecule has 0 aromatic heterocycles. The lowest BCUT2D eigenvalue weighted by molar-refractivity contribution is 0.695. The maximum atomic E-state index is 6.29. The highest BCUT2D eigenvalue weighted by Crippen LogP contribution is 2.31. The predicted molar refractivity (Wildman–Crippen MR) is 78.3 cm³/mol. The molecule has 1 saturated heterocycles. The highest BCUT2D eigenvalue weighted by molar-refractivity contribution is 7.99. The van der Waals surface area contributed by atoms with Gasteiger partial charge < -0.3 is 10.6 Å². The molecule has 1 aliphatic rings. The molecule has 1 heterocycles. The van der Waals surface area contributed by atoms with Crippen molar-refractivity contribution >= 4 is 29.1 Å². The molecular weight excluding hydrogens is 252 g/mol. The number of anilines is 1. The maximum Gasteiger partial charge on any atom is 0.0459 e. The van der Waals surface area contributed by atoms with Crippen LogP contribution in [0.4, 0.5) is 5.69 Å². The van der Waals surface area contributed by atoms with Gasteiger partial charge >= 0.3 is 0 Å². The Balaban J connectivity index is 2.32. The van der Waals surface area contributed by atoms with Crippen LogP contribution in [0.2, 0.25) is 5.02 Å². The summed E-state index contributed by atoms with van der Waals surface area (Å²) in [5.41, 5.74) is 8.16. The van der Waals surface area contributed by atoms with E-state index in [1.807, 2.05) is 23.9 Å². The van der Waals surface area contributed by atoms with E-state index >= 15 is 0 Å². The lowest BCUT2D eigenvalue weighted by Gasteiger charge is -2.36. The first kappa shape index (κ1) is 13.1. The van der Waals surface area contributed by atoms with Gasteiger partial charge in [-0.2, -0.15) is 11.8 Å². The fourth-order valence-electron chi connectivity index (χ4n) is 2.29. The molecule has 1 atom stereocenters. The van der Waals surface area contributed by atoms with Gasteiger partial charge in [0.05, 0.1) is 0 Å². The monoisotopic (exact) mass is 270 g/mol. The quantitative estimate of drug-likeness (QED) is 0.916. The van der Waals surface area contributed by atoms with Crippen molar-refractivity contribution in [3.63, 3.8) is 0 Å². The van der Waals surface area contributed by atoms with E-state index in [-0.39, 0.29) is 0 Å². The average Bonchev–Trinajstić information content (AvgIpc) is 2.33. The summed E-state index contributed by atoms with van der Waals surface area (Å²) in [6, 6.07) is 6.73. The molecule has 0 saturated carbocycles. The van der Waals surface area contributed by atoms with E-state index in [9.17, 15) is 0 Å². The molecule has 0 aliphatic carbocycles. The van der Waals surface area contributed by atoms with Gasteiger partial charge in [-0.1, -0.05) is 17.7 Å². The highest BCUT2D eigenvalue weighted by Gasteiger charge is 2.21. The number of rotatable bonds is 3. The van der Waals surface area contributed by atoms with Crippen molar-refractivity contribution in [1.29, 1.82) is 0 Å². The third-order valence-electron chi connectivity index (χ3n) is 3.17. The molecular formula is C13H19ClN2S. The summed E-state index contributed by atoms with van der Waals surface area (Å²) in [6.45, 7) is 4.02. The van der Waals surface area contributed by atoms with Crippen LogP contribution in [0.5, 0.6) is 0 Å². The Morgan fingerprint density at radius 2 is 2.35 bits per heavy atom. The first-order valence-corrected chi connectivity index (χ1v) is 7.59. The molecule has 1 aliphatic heterocycles. The fraction of sp³-hybridized carbons (Fsp3) is 0.538. The molecule has 0 bridgehead atoms. The lowest BCUT2D eigenvalue weighted by Crippen LogP contribution is -2.41. The number of thioether (sulfide) groups is 1. The molecule has 1 aromatic carbocycles. The van der Waals surface area contributed by atoms with Gasteiger partial charge in [-0.15, -0.1) is 0 Å². The zero-order valence-corrected chi connectivity index (χ0v) is 11.7. The van der Waals surface area contributed by atoms with E-state index in [1.165, 1.54) is 22.8 Å². The van der Waals surface area contributed by atoms with Crippen molar-refractivity contribution < 1.29 is 0 Å². The van der Waals surface area contributed by atoms with Crippen molar-refractivity contribution in [2.24, 2.45) is 5.73 Å². The summed E-state index contributed by atoms with van der Waals surface area (Å²) in [4.78, 5) is 2.47. The number of benzene rings is 1. The highest BCUT2D eigenvalue weighted by atomic mass is 35.5. The second-order valence-electron chi connectivity index (χ2n) is 4.39. The summed E-state index contributed by atoms with van der Waals surface area (Å²) in [6.07, 6.45) is 0.853. The lowest BCUT2D eigenvalue weighted by atomic mass is 10.1. The van der Waals surface area contributed by atoms with Gasteiger partial charge in [-0.3, -0.25) is 0 Å². The van der Waals surface area contributed by atoms with Crippen molar-refractivity contribution in [1.82, 2.24) is 0 Å². The topological polar surface area (TPSA) is 29.3 Å². The van der Waals surface area contributed by atoms with Crippen LogP contribution in [0.3, 0.4) is 0 Å². The van der Waals surface area contributed by atoms with Gasteiger partial charge in [0, 0.05) is 34.8 Å². The molecule has 2 N–H and O–H groups in total. The number of hydrogen-bond donors (Lipinski definition) is 1. The smallest absolute Gasteiger partial charge is 0.0459 e. The van der Waals surface area contributed by atoms with Crippen molar-refractivity contribution in [2.75, 3.05) is 29.5 Å². The normalized spacial score (nSPS) is 20.6. The Labute approximate surface area is 113 Å². The van der Waals surface area contributed by atoms with E-state index in [0.29, 0.717) is 12.6 Å². The molecule has 2 rings (SSSR count). The van der Waals surface area contributed by atoms with Crippen LogP contribution in [0.1, 0.15) is 12.5 Å². The van der Waals surface area contributed by atoms with Crippen LogP contribution >= 0.6 is 23.4 Å². The number of nitrogens with two attached hydrogens (primary N) is 1. The summed E-state index contributed by atoms with van der Waals surface area (Å²) < 4.78 is 0. The summed E-state index contributed by atoms with van der Waals surface area (Å²) in [5, 5.41) is 0.846. The minimum Gasteiger partial charge on any atom is -0.367 e. The van der Waals surface area contributed by atoms with Crippen LogP contribution in [-0.2, 0) is 6.42 Å². The third kappa shape index (κ3) is 2.90. The van der Waals surface area contributed by atoms with Crippen molar-refractivity contribution in [3.05, 3.63) is 28.8 Å². The second kappa shape index (κ2) is 5.98. The Kier molecular flexibility index (Phi) is 4.60. The minimum atomic E-state index is 0.573. The number of halogens is 1. The Morgan fingerprint density at radius 3 is 3.06 bits per heavy atom. The van der Waals surface area contributed by atoms with Crippen LogP contribution in [0, 0.1) is 0 Å². The van der Waals surface area contributed by atoms with Gasteiger partial charge in [0.15, 0.2) is 0 Å². The zero-order chi connectivity index (χ0) is 12.3. The number of nitrogens with zero attached hydrogens (tertiary/aromatic N) is 1. The Morgan fingerprint density at radius 1 is 1.53 bits per heavy atom. The van der Waals surface area contributed by atoms with Crippen LogP contribution in [0.15, 0.2) is 18.2 Å². The Hall–Kier alpha value is -0.380. The largest absolute Gasteiger partial charge is 0.367 e. The van der Waals surface area contributed by atoms with Gasteiger partial charge in [0.2, 0.25) is 0 Å². The average molecular weight is 271 g/mol. The van der Waals surface area contributed by atoms with Crippen molar-refractivity contribution in [3.8, 4) is 0 Å². The van der Waals surface area contributed by atoms with Gasteiger partial charge in [0.1, 0.15) is 0 Å². The Bertz CT molecular complexity index is 384. The van der Waals surface area contributed by atoms with Gasteiger partial charge in [-0.25, -0.2) is 0 Å². The molecule has 0 amide bonds. The molecule has 1 aromatic rings. The number of hydrogen-bond acceptors (Lipinski definition) is 3. The van der Waals surface area contributed by atoms with Crippen LogP contribution in [-0.4, -0.2) is 30.6 Å². The summed E-state index contributed by atoms with van der Waals surface area (Å²) in [5.74, 6) is 2.38. The fourth-order valence-corrected chi connectivity index (χ4v) is 3.57. The zero-order valence-electron chi connectivity index (χ0n) is 10.2. The van der Waals surface area contributed by atoms with E-state index in [1.54, 1.807) is 0 Å². The molecule has 2 nitrogen and oxygen atoms in total. The molecule has 0 spiro atoms. The molecule has 0 radical (unpaired) electrons. The van der Waals surface area contributed by atoms with E-state index < -0.39 is 0 Å². The molecule has 1 unspecified atom stereocenters. The maximum absolute atomic E-state index is 6.29. The first-order chi connectivity index (χ1) is 8.24. The second-order valence-corrected chi connectivity index (χ2v) is 5.95. The van der Waals surface area contributed by atoms with Crippen molar-refractivity contribution in [2.45, 2.75) is 19.4 Å². The molecule has 4 heteroatoms. The van der Waals surface area contributed by atoms with E-state index in [2.05, 4.69) is 17.9 Å².